The highest BCUT2D eigenvalue weighted by atomic mass is 16.5. The summed E-state index contributed by atoms with van der Waals surface area (Å²) >= 11 is 0. The average Bonchev–Trinajstić information content (AvgIpc) is 3.30. The van der Waals surface area contributed by atoms with Gasteiger partial charge in [-0.25, -0.2) is 0 Å². The molecule has 150 valence electrons. The van der Waals surface area contributed by atoms with Crippen molar-refractivity contribution in [2.75, 3.05) is 36.5 Å². The van der Waals surface area contributed by atoms with Gasteiger partial charge in [0.2, 0.25) is 12.3 Å². The van der Waals surface area contributed by atoms with Gasteiger partial charge in [0, 0.05) is 30.0 Å². The van der Waals surface area contributed by atoms with Crippen LogP contribution >= 0.6 is 0 Å². The Morgan fingerprint density at radius 1 is 1.10 bits per heavy atom. The lowest BCUT2D eigenvalue weighted by Crippen LogP contribution is -2.36. The summed E-state index contributed by atoms with van der Waals surface area (Å²) < 4.78 is 16.3. The van der Waals surface area contributed by atoms with E-state index in [4.69, 9.17) is 13.9 Å². The zero-order valence-electron chi connectivity index (χ0n) is 16.1. The number of hydrogen-bond acceptors (Lipinski definition) is 7. The molecule has 1 N–H and O–H groups in total. The number of amides is 1. The Kier molecular flexibility index (Phi) is 5.71. The van der Waals surface area contributed by atoms with Gasteiger partial charge in [-0.05, 0) is 55.5 Å². The number of morpholine rings is 1. The maximum atomic E-state index is 12.5. The predicted octanol–water partition coefficient (Wildman–Crippen LogP) is 2.98. The Bertz CT molecular complexity index is 920. The van der Waals surface area contributed by atoms with E-state index in [1.165, 1.54) is 6.39 Å². The maximum Gasteiger partial charge on any atom is 0.265 e. The molecule has 1 atom stereocenters. The van der Waals surface area contributed by atoms with E-state index in [1.807, 2.05) is 24.3 Å². The third kappa shape index (κ3) is 4.72. The van der Waals surface area contributed by atoms with E-state index in [2.05, 4.69) is 20.4 Å². The molecular formula is C21H22N4O4. The Hall–Kier alpha value is -3.39. The number of rotatable bonds is 6. The smallest absolute Gasteiger partial charge is 0.265 e. The van der Waals surface area contributed by atoms with Crippen LogP contribution in [0, 0.1) is 0 Å². The summed E-state index contributed by atoms with van der Waals surface area (Å²) in [5.41, 5.74) is 2.64. The topological polar surface area (TPSA) is 89.7 Å². The van der Waals surface area contributed by atoms with Crippen LogP contribution in [0.2, 0.25) is 0 Å². The molecule has 1 fully saturated rings. The molecule has 0 aliphatic carbocycles. The number of ether oxygens (including phenoxy) is 2. The molecule has 8 heteroatoms. The minimum Gasteiger partial charge on any atom is -0.481 e. The van der Waals surface area contributed by atoms with Crippen molar-refractivity contribution in [3.63, 3.8) is 0 Å². The fraction of sp³-hybridized carbons (Fsp3) is 0.286. The van der Waals surface area contributed by atoms with Gasteiger partial charge >= 0.3 is 0 Å². The predicted molar refractivity (Wildman–Crippen MR) is 108 cm³/mol. The summed E-state index contributed by atoms with van der Waals surface area (Å²) in [5.74, 6) is 0.798. The third-order valence-electron chi connectivity index (χ3n) is 4.65. The molecule has 1 aromatic heterocycles. The van der Waals surface area contributed by atoms with Crippen molar-refractivity contribution in [1.82, 2.24) is 10.2 Å². The van der Waals surface area contributed by atoms with E-state index < -0.39 is 6.10 Å². The number of carbonyl (C=O) groups excluding carboxylic acids is 1. The number of hydrogen-bond donors (Lipinski definition) is 1. The van der Waals surface area contributed by atoms with Gasteiger partial charge in [-0.15, -0.1) is 10.2 Å². The maximum absolute atomic E-state index is 12.5. The minimum absolute atomic E-state index is 0.217. The van der Waals surface area contributed by atoms with Crippen LogP contribution < -0.4 is 15.0 Å². The normalized spacial score (nSPS) is 15.0. The molecule has 4 rings (SSSR count). The SMILES string of the molecule is C[C@@H](Oc1ccc(-c2nnco2)cc1)C(=O)Nc1ccc(N2CCOCC2)cc1. The quantitative estimate of drug-likeness (QED) is 0.687. The first kappa shape index (κ1) is 18.9. The van der Waals surface area contributed by atoms with Gasteiger partial charge in [-0.2, -0.15) is 0 Å². The molecule has 0 unspecified atom stereocenters. The van der Waals surface area contributed by atoms with Crippen LogP contribution in [-0.2, 0) is 9.53 Å². The van der Waals surface area contributed by atoms with Crippen LogP contribution in [0.5, 0.6) is 5.75 Å². The minimum atomic E-state index is -0.650. The van der Waals surface area contributed by atoms with Gasteiger partial charge in [0.05, 0.1) is 13.2 Å². The molecule has 0 radical (unpaired) electrons. The van der Waals surface area contributed by atoms with Crippen LogP contribution in [0.4, 0.5) is 11.4 Å². The monoisotopic (exact) mass is 394 g/mol. The molecule has 0 bridgehead atoms. The van der Waals surface area contributed by atoms with Gasteiger partial charge in [0.1, 0.15) is 5.75 Å². The first-order valence-electron chi connectivity index (χ1n) is 9.46. The van der Waals surface area contributed by atoms with Crippen molar-refractivity contribution in [3.8, 4) is 17.2 Å². The van der Waals surface area contributed by atoms with Crippen molar-refractivity contribution in [1.29, 1.82) is 0 Å². The van der Waals surface area contributed by atoms with Crippen LogP contribution in [0.3, 0.4) is 0 Å². The summed E-state index contributed by atoms with van der Waals surface area (Å²) in [6.07, 6.45) is 0.628. The summed E-state index contributed by atoms with van der Waals surface area (Å²) in [6, 6.07) is 14.9. The van der Waals surface area contributed by atoms with E-state index in [1.54, 1.807) is 31.2 Å². The fourth-order valence-electron chi connectivity index (χ4n) is 3.05. The number of nitrogens with zero attached hydrogens (tertiary/aromatic N) is 3. The van der Waals surface area contributed by atoms with E-state index in [0.29, 0.717) is 11.6 Å². The number of aromatic nitrogens is 2. The molecule has 0 saturated carbocycles. The van der Waals surface area contributed by atoms with E-state index in [-0.39, 0.29) is 5.91 Å². The van der Waals surface area contributed by atoms with Gasteiger partial charge in [-0.1, -0.05) is 0 Å². The standard InChI is InChI=1S/C21H22N4O4/c1-15(29-19-8-2-16(3-9-19)21-24-22-14-28-21)20(26)23-17-4-6-18(7-5-17)25-10-12-27-13-11-25/h2-9,14-15H,10-13H2,1H3,(H,23,26)/t15-/m1/s1. The fourth-order valence-corrected chi connectivity index (χ4v) is 3.05. The molecule has 29 heavy (non-hydrogen) atoms. The lowest BCUT2D eigenvalue weighted by molar-refractivity contribution is -0.122. The summed E-state index contributed by atoms with van der Waals surface area (Å²) in [4.78, 5) is 14.7. The molecule has 1 amide bonds. The molecule has 1 aliphatic heterocycles. The molecule has 2 heterocycles. The molecule has 0 spiro atoms. The van der Waals surface area contributed by atoms with Crippen molar-refractivity contribution < 1.29 is 18.7 Å². The zero-order chi connectivity index (χ0) is 20.1. The van der Waals surface area contributed by atoms with E-state index in [0.717, 1.165) is 43.2 Å². The highest BCUT2D eigenvalue weighted by Crippen LogP contribution is 2.22. The Balaban J connectivity index is 1.32. The first-order chi connectivity index (χ1) is 14.2. The second-order valence-corrected chi connectivity index (χ2v) is 6.66. The third-order valence-corrected chi connectivity index (χ3v) is 4.65. The van der Waals surface area contributed by atoms with Crippen molar-refractivity contribution in [3.05, 3.63) is 54.9 Å². The summed E-state index contributed by atoms with van der Waals surface area (Å²) in [7, 11) is 0. The Morgan fingerprint density at radius 2 is 1.83 bits per heavy atom. The van der Waals surface area contributed by atoms with Gasteiger partial charge < -0.3 is 24.1 Å². The number of carbonyl (C=O) groups is 1. The second kappa shape index (κ2) is 8.74. The van der Waals surface area contributed by atoms with Crippen LogP contribution in [0.1, 0.15) is 6.92 Å². The lowest BCUT2D eigenvalue weighted by atomic mass is 10.2. The first-order valence-corrected chi connectivity index (χ1v) is 9.46. The summed E-state index contributed by atoms with van der Waals surface area (Å²) in [6.45, 7) is 4.94. The Labute approximate surface area is 168 Å². The van der Waals surface area contributed by atoms with Crippen LogP contribution in [0.15, 0.2) is 59.3 Å². The van der Waals surface area contributed by atoms with Crippen molar-refractivity contribution in [2.45, 2.75) is 13.0 Å². The molecule has 3 aromatic rings. The van der Waals surface area contributed by atoms with Gasteiger partial charge in [0.25, 0.3) is 5.91 Å². The largest absolute Gasteiger partial charge is 0.481 e. The molecule has 1 saturated heterocycles. The molecule has 8 nitrogen and oxygen atoms in total. The number of nitrogens with one attached hydrogen (secondary N) is 1. The number of benzene rings is 2. The van der Waals surface area contributed by atoms with E-state index >= 15 is 0 Å². The molecule has 1 aliphatic rings. The number of anilines is 2. The summed E-state index contributed by atoms with van der Waals surface area (Å²) in [5, 5.41) is 10.4. The Morgan fingerprint density at radius 3 is 2.48 bits per heavy atom. The van der Waals surface area contributed by atoms with Crippen molar-refractivity contribution >= 4 is 17.3 Å². The van der Waals surface area contributed by atoms with Crippen molar-refractivity contribution in [2.24, 2.45) is 0 Å². The van der Waals surface area contributed by atoms with E-state index in [9.17, 15) is 4.79 Å². The average molecular weight is 394 g/mol. The second-order valence-electron chi connectivity index (χ2n) is 6.66. The zero-order valence-corrected chi connectivity index (χ0v) is 16.1. The van der Waals surface area contributed by atoms with Gasteiger partial charge in [0.15, 0.2) is 6.10 Å². The highest BCUT2D eigenvalue weighted by Gasteiger charge is 2.16. The molecule has 2 aromatic carbocycles. The van der Waals surface area contributed by atoms with Gasteiger partial charge in [-0.3, -0.25) is 4.79 Å². The van der Waals surface area contributed by atoms with Crippen LogP contribution in [0.25, 0.3) is 11.5 Å². The molecular weight excluding hydrogens is 372 g/mol. The lowest BCUT2D eigenvalue weighted by Gasteiger charge is -2.29. The van der Waals surface area contributed by atoms with Crippen LogP contribution in [-0.4, -0.2) is 48.5 Å². The highest BCUT2D eigenvalue weighted by molar-refractivity contribution is 5.94.